The summed E-state index contributed by atoms with van der Waals surface area (Å²) in [5.74, 6) is 1.91. The van der Waals surface area contributed by atoms with E-state index in [9.17, 15) is 4.79 Å². The zero-order chi connectivity index (χ0) is 25.3. The van der Waals surface area contributed by atoms with E-state index in [0.29, 0.717) is 31.9 Å². The van der Waals surface area contributed by atoms with Crippen LogP contribution < -0.4 is 15.5 Å². The molecule has 3 N–H and O–H groups in total. The molecule has 5 rings (SSSR count). The summed E-state index contributed by atoms with van der Waals surface area (Å²) in [4.78, 5) is 31.4. The number of piperazine rings is 1. The Morgan fingerprint density at radius 3 is 2.36 bits per heavy atom. The van der Waals surface area contributed by atoms with Gasteiger partial charge >= 0.3 is 6.09 Å². The van der Waals surface area contributed by atoms with Gasteiger partial charge in [-0.05, 0) is 63.9 Å². The Balaban J connectivity index is 1.28. The van der Waals surface area contributed by atoms with Gasteiger partial charge < -0.3 is 30.2 Å². The Bertz CT molecular complexity index is 1200. The van der Waals surface area contributed by atoms with Crippen molar-refractivity contribution in [3.8, 4) is 22.5 Å². The Kier molecular flexibility index (Phi) is 6.47. The van der Waals surface area contributed by atoms with E-state index in [1.54, 1.807) is 4.90 Å². The maximum Gasteiger partial charge on any atom is 0.410 e. The number of nitrogens with one attached hydrogen (secondary N) is 1. The molecular formula is C27H35N7O2. The van der Waals surface area contributed by atoms with Crippen LogP contribution in [-0.2, 0) is 4.74 Å². The van der Waals surface area contributed by atoms with Crippen LogP contribution in [0.4, 0.5) is 22.1 Å². The fourth-order valence-electron chi connectivity index (χ4n) is 4.74. The number of carbonyl (C=O) groups is 1. The SMILES string of the molecule is CC(C)(C)OC(=O)N1CCN(c2[nH]c(-c3ccnc(-c4ccc(N5CCCC5)nc4)c3)cc2N)CC1. The van der Waals surface area contributed by atoms with Gasteiger partial charge in [0.25, 0.3) is 0 Å². The summed E-state index contributed by atoms with van der Waals surface area (Å²) < 4.78 is 5.51. The molecule has 36 heavy (non-hydrogen) atoms. The second kappa shape index (κ2) is 9.72. The minimum absolute atomic E-state index is 0.269. The van der Waals surface area contributed by atoms with Gasteiger partial charge in [0.15, 0.2) is 0 Å². The van der Waals surface area contributed by atoms with Crippen molar-refractivity contribution in [3.05, 3.63) is 42.7 Å². The highest BCUT2D eigenvalue weighted by molar-refractivity contribution is 5.77. The number of pyridine rings is 2. The van der Waals surface area contributed by atoms with E-state index in [-0.39, 0.29) is 6.09 Å². The van der Waals surface area contributed by atoms with Crippen molar-refractivity contribution in [2.45, 2.75) is 39.2 Å². The van der Waals surface area contributed by atoms with Crippen LogP contribution in [0.1, 0.15) is 33.6 Å². The molecule has 0 saturated carbocycles. The van der Waals surface area contributed by atoms with Gasteiger partial charge in [0.05, 0.1) is 11.4 Å². The number of H-pyrrole nitrogens is 1. The molecule has 2 aliphatic heterocycles. The van der Waals surface area contributed by atoms with E-state index in [0.717, 1.165) is 47.2 Å². The number of aromatic nitrogens is 3. The molecule has 9 nitrogen and oxygen atoms in total. The predicted molar refractivity (Wildman–Crippen MR) is 143 cm³/mol. The molecule has 0 aliphatic carbocycles. The third-order valence-corrected chi connectivity index (χ3v) is 6.62. The number of hydrogen-bond acceptors (Lipinski definition) is 7. The van der Waals surface area contributed by atoms with Crippen molar-refractivity contribution in [1.82, 2.24) is 19.9 Å². The van der Waals surface area contributed by atoms with Gasteiger partial charge in [0.1, 0.15) is 17.2 Å². The van der Waals surface area contributed by atoms with Crippen LogP contribution in [0.5, 0.6) is 0 Å². The molecular weight excluding hydrogens is 454 g/mol. The summed E-state index contributed by atoms with van der Waals surface area (Å²) in [7, 11) is 0. The number of anilines is 3. The number of nitrogens with zero attached hydrogens (tertiary/aromatic N) is 5. The van der Waals surface area contributed by atoms with Crippen LogP contribution in [-0.4, -0.2) is 70.8 Å². The van der Waals surface area contributed by atoms with Crippen LogP contribution in [0.25, 0.3) is 22.5 Å². The highest BCUT2D eigenvalue weighted by atomic mass is 16.6. The van der Waals surface area contributed by atoms with Gasteiger partial charge in [-0.25, -0.2) is 9.78 Å². The van der Waals surface area contributed by atoms with E-state index in [4.69, 9.17) is 10.5 Å². The van der Waals surface area contributed by atoms with Crippen molar-refractivity contribution in [2.24, 2.45) is 0 Å². The van der Waals surface area contributed by atoms with E-state index < -0.39 is 5.60 Å². The first-order chi connectivity index (χ1) is 17.3. The number of carbonyl (C=O) groups excluding carboxylic acids is 1. The molecule has 9 heteroatoms. The summed E-state index contributed by atoms with van der Waals surface area (Å²) in [5, 5.41) is 0. The van der Waals surface area contributed by atoms with Gasteiger partial charge in [0, 0.05) is 68.5 Å². The predicted octanol–water partition coefficient (Wildman–Crippen LogP) is 4.38. The molecule has 190 valence electrons. The van der Waals surface area contributed by atoms with Crippen LogP contribution in [0.2, 0.25) is 0 Å². The third kappa shape index (κ3) is 5.24. The maximum atomic E-state index is 12.4. The third-order valence-electron chi connectivity index (χ3n) is 6.62. The van der Waals surface area contributed by atoms with Crippen LogP contribution in [0.3, 0.4) is 0 Å². The Morgan fingerprint density at radius 2 is 1.69 bits per heavy atom. The molecule has 0 spiro atoms. The second-order valence-corrected chi connectivity index (χ2v) is 10.5. The zero-order valence-electron chi connectivity index (χ0n) is 21.3. The van der Waals surface area contributed by atoms with Crippen molar-refractivity contribution in [3.63, 3.8) is 0 Å². The molecule has 0 unspecified atom stereocenters. The Morgan fingerprint density at radius 1 is 0.944 bits per heavy atom. The van der Waals surface area contributed by atoms with E-state index in [1.165, 1.54) is 12.8 Å². The lowest BCUT2D eigenvalue weighted by atomic mass is 10.1. The molecule has 0 atom stereocenters. The minimum atomic E-state index is -0.498. The maximum absolute atomic E-state index is 12.4. The zero-order valence-corrected chi connectivity index (χ0v) is 21.3. The molecule has 2 saturated heterocycles. The lowest BCUT2D eigenvalue weighted by Gasteiger charge is -2.36. The Labute approximate surface area is 212 Å². The fraction of sp³-hybridized carbons (Fsp3) is 0.444. The molecule has 1 amide bonds. The lowest BCUT2D eigenvalue weighted by molar-refractivity contribution is 0.0240. The number of nitrogens with two attached hydrogens (primary N) is 1. The van der Waals surface area contributed by atoms with Gasteiger partial charge in [-0.15, -0.1) is 0 Å². The van der Waals surface area contributed by atoms with Gasteiger partial charge in [-0.3, -0.25) is 4.98 Å². The standard InChI is InChI=1S/C27H35N7O2/c1-27(2,3)36-26(35)34-14-12-33(13-15-34)25-21(28)17-23(31-25)19-8-9-29-22(16-19)20-6-7-24(30-18-20)32-10-4-5-11-32/h6-9,16-18,31H,4-5,10-15,28H2,1-3H3. The lowest BCUT2D eigenvalue weighted by Crippen LogP contribution is -2.50. The number of nitrogen functional groups attached to an aromatic ring is 1. The number of amides is 1. The molecule has 0 bridgehead atoms. The number of ether oxygens (including phenoxy) is 1. The monoisotopic (exact) mass is 489 g/mol. The molecule has 2 aliphatic rings. The van der Waals surface area contributed by atoms with Gasteiger partial charge in [-0.1, -0.05) is 0 Å². The molecule has 3 aromatic rings. The van der Waals surface area contributed by atoms with Gasteiger partial charge in [-0.2, -0.15) is 0 Å². The van der Waals surface area contributed by atoms with Gasteiger partial charge in [0.2, 0.25) is 0 Å². The molecule has 0 radical (unpaired) electrons. The second-order valence-electron chi connectivity index (χ2n) is 10.5. The van der Waals surface area contributed by atoms with E-state index in [1.807, 2.05) is 45.3 Å². The quantitative estimate of drug-likeness (QED) is 0.561. The average molecular weight is 490 g/mol. The average Bonchev–Trinajstić information content (AvgIpc) is 3.54. The summed E-state index contributed by atoms with van der Waals surface area (Å²) in [6.07, 6.45) is 5.91. The van der Waals surface area contributed by atoms with Crippen molar-refractivity contribution < 1.29 is 9.53 Å². The van der Waals surface area contributed by atoms with Crippen molar-refractivity contribution in [1.29, 1.82) is 0 Å². The van der Waals surface area contributed by atoms with Crippen molar-refractivity contribution >= 4 is 23.4 Å². The largest absolute Gasteiger partial charge is 0.444 e. The summed E-state index contributed by atoms with van der Waals surface area (Å²) >= 11 is 0. The first-order valence-electron chi connectivity index (χ1n) is 12.7. The number of hydrogen-bond donors (Lipinski definition) is 2. The van der Waals surface area contributed by atoms with Crippen LogP contribution >= 0.6 is 0 Å². The van der Waals surface area contributed by atoms with Crippen LogP contribution in [0.15, 0.2) is 42.7 Å². The minimum Gasteiger partial charge on any atom is -0.444 e. The van der Waals surface area contributed by atoms with Crippen molar-refractivity contribution in [2.75, 3.05) is 54.8 Å². The van der Waals surface area contributed by atoms with E-state index >= 15 is 0 Å². The normalized spacial score (nSPS) is 16.5. The Hall–Kier alpha value is -3.75. The fourth-order valence-corrected chi connectivity index (χ4v) is 4.74. The number of rotatable bonds is 4. The summed E-state index contributed by atoms with van der Waals surface area (Å²) in [6, 6.07) is 10.2. The topological polar surface area (TPSA) is 104 Å². The molecule has 5 heterocycles. The van der Waals surface area contributed by atoms with Crippen LogP contribution in [0, 0.1) is 0 Å². The summed E-state index contributed by atoms with van der Waals surface area (Å²) in [5.41, 5.74) is 10.4. The summed E-state index contributed by atoms with van der Waals surface area (Å²) in [6.45, 7) is 10.3. The molecule has 3 aromatic heterocycles. The van der Waals surface area contributed by atoms with E-state index in [2.05, 4.69) is 43.0 Å². The molecule has 0 aromatic carbocycles. The number of aromatic amines is 1. The highest BCUT2D eigenvalue weighted by Gasteiger charge is 2.27. The highest BCUT2D eigenvalue weighted by Crippen LogP contribution is 2.32. The first-order valence-corrected chi connectivity index (χ1v) is 12.7. The smallest absolute Gasteiger partial charge is 0.410 e. The molecule has 2 fully saturated rings. The first kappa shape index (κ1) is 24.0.